The first-order valence-electron chi connectivity index (χ1n) is 6.81. The Bertz CT molecular complexity index is 212. The van der Waals surface area contributed by atoms with Gasteiger partial charge in [0.15, 0.2) is 0 Å². The lowest BCUT2D eigenvalue weighted by Crippen LogP contribution is -2.52. The molecule has 2 atom stereocenters. The van der Waals surface area contributed by atoms with Crippen molar-refractivity contribution in [2.75, 3.05) is 32.7 Å². The molecule has 3 nitrogen and oxygen atoms in total. The molecule has 1 saturated heterocycles. The maximum atomic E-state index is 9.90. The highest BCUT2D eigenvalue weighted by atomic mass is 16.3. The molecule has 16 heavy (non-hydrogen) atoms. The molecule has 0 aromatic rings. The Morgan fingerprint density at radius 3 is 2.31 bits per heavy atom. The van der Waals surface area contributed by atoms with E-state index in [2.05, 4.69) is 23.6 Å². The molecule has 3 heteroatoms. The van der Waals surface area contributed by atoms with Gasteiger partial charge in [-0.2, -0.15) is 0 Å². The molecule has 0 spiro atoms. The second kappa shape index (κ2) is 5.48. The van der Waals surface area contributed by atoms with Crippen LogP contribution in [0.15, 0.2) is 0 Å². The van der Waals surface area contributed by atoms with E-state index >= 15 is 0 Å². The SMILES string of the molecule is CC(C)CN1CCN([C@@H]2CCC[C@H]2O)CC1. The molecule has 0 amide bonds. The Morgan fingerprint density at radius 1 is 1.12 bits per heavy atom. The number of piperazine rings is 1. The van der Waals surface area contributed by atoms with Crippen molar-refractivity contribution < 1.29 is 5.11 Å². The van der Waals surface area contributed by atoms with Gasteiger partial charge in [-0.15, -0.1) is 0 Å². The van der Waals surface area contributed by atoms with Crippen molar-refractivity contribution in [3.63, 3.8) is 0 Å². The minimum absolute atomic E-state index is 0.0587. The lowest BCUT2D eigenvalue weighted by atomic mass is 10.1. The highest BCUT2D eigenvalue weighted by molar-refractivity contribution is 4.87. The summed E-state index contributed by atoms with van der Waals surface area (Å²) in [6.07, 6.45) is 3.36. The molecule has 0 aromatic heterocycles. The molecule has 2 fully saturated rings. The molecule has 2 aliphatic rings. The van der Waals surface area contributed by atoms with E-state index in [0.717, 1.165) is 25.4 Å². The van der Waals surface area contributed by atoms with Gasteiger partial charge in [-0.3, -0.25) is 4.90 Å². The van der Waals surface area contributed by atoms with Crippen molar-refractivity contribution in [2.45, 2.75) is 45.3 Å². The predicted octanol–water partition coefficient (Wildman–Crippen LogP) is 1.17. The third-order valence-corrected chi connectivity index (χ3v) is 3.94. The first-order chi connectivity index (χ1) is 7.66. The Morgan fingerprint density at radius 2 is 1.81 bits per heavy atom. The summed E-state index contributed by atoms with van der Waals surface area (Å²) in [4.78, 5) is 5.07. The van der Waals surface area contributed by atoms with E-state index in [0.29, 0.717) is 6.04 Å². The van der Waals surface area contributed by atoms with Crippen LogP contribution in [0.5, 0.6) is 0 Å². The predicted molar refractivity (Wildman–Crippen MR) is 66.5 cm³/mol. The van der Waals surface area contributed by atoms with E-state index in [-0.39, 0.29) is 6.10 Å². The van der Waals surface area contributed by atoms with Gasteiger partial charge in [-0.1, -0.05) is 13.8 Å². The highest BCUT2D eigenvalue weighted by Gasteiger charge is 2.32. The van der Waals surface area contributed by atoms with E-state index in [1.165, 1.54) is 32.5 Å². The normalized spacial score (nSPS) is 33.8. The molecule has 0 radical (unpaired) electrons. The van der Waals surface area contributed by atoms with E-state index in [4.69, 9.17) is 0 Å². The fourth-order valence-corrected chi connectivity index (χ4v) is 3.14. The van der Waals surface area contributed by atoms with Crippen LogP contribution >= 0.6 is 0 Å². The molecule has 94 valence electrons. The number of hydrogen-bond acceptors (Lipinski definition) is 3. The maximum Gasteiger partial charge on any atom is 0.0695 e. The monoisotopic (exact) mass is 226 g/mol. The molecule has 0 unspecified atom stereocenters. The van der Waals surface area contributed by atoms with Gasteiger partial charge in [0, 0.05) is 38.8 Å². The van der Waals surface area contributed by atoms with Crippen molar-refractivity contribution in [1.29, 1.82) is 0 Å². The van der Waals surface area contributed by atoms with Gasteiger partial charge < -0.3 is 10.0 Å². The molecule has 1 heterocycles. The summed E-state index contributed by atoms with van der Waals surface area (Å²) >= 11 is 0. The van der Waals surface area contributed by atoms with Crippen LogP contribution in [0.4, 0.5) is 0 Å². The average Bonchev–Trinajstić information content (AvgIpc) is 2.65. The van der Waals surface area contributed by atoms with Crippen LogP contribution in [0.3, 0.4) is 0 Å². The van der Waals surface area contributed by atoms with Crippen molar-refractivity contribution in [2.24, 2.45) is 5.92 Å². The van der Waals surface area contributed by atoms with Crippen molar-refractivity contribution in [1.82, 2.24) is 9.80 Å². The fourth-order valence-electron chi connectivity index (χ4n) is 3.14. The number of aliphatic hydroxyl groups is 1. The van der Waals surface area contributed by atoms with E-state index in [9.17, 15) is 5.11 Å². The van der Waals surface area contributed by atoms with Crippen molar-refractivity contribution in [3.05, 3.63) is 0 Å². The van der Waals surface area contributed by atoms with Crippen LogP contribution in [-0.4, -0.2) is 59.8 Å². The van der Waals surface area contributed by atoms with E-state index in [1.807, 2.05) is 0 Å². The summed E-state index contributed by atoms with van der Waals surface area (Å²) in [5, 5.41) is 9.90. The van der Waals surface area contributed by atoms with Gasteiger partial charge in [0.2, 0.25) is 0 Å². The van der Waals surface area contributed by atoms with Gasteiger partial charge in [-0.25, -0.2) is 0 Å². The Balaban J connectivity index is 1.76. The first-order valence-corrected chi connectivity index (χ1v) is 6.81. The molecule has 1 N–H and O–H groups in total. The third kappa shape index (κ3) is 2.96. The molecule has 1 saturated carbocycles. The van der Waals surface area contributed by atoms with E-state index < -0.39 is 0 Å². The molecule has 0 aromatic carbocycles. The number of nitrogens with zero attached hydrogens (tertiary/aromatic N) is 2. The minimum Gasteiger partial charge on any atom is -0.391 e. The number of aliphatic hydroxyl groups excluding tert-OH is 1. The summed E-state index contributed by atoms with van der Waals surface area (Å²) in [6.45, 7) is 10.5. The number of hydrogen-bond donors (Lipinski definition) is 1. The van der Waals surface area contributed by atoms with Gasteiger partial charge in [0.25, 0.3) is 0 Å². The standard InChI is InChI=1S/C13H26N2O/c1-11(2)10-14-6-8-15(9-7-14)12-4-3-5-13(12)16/h11-13,16H,3-10H2,1-2H3/t12-,13-/m1/s1. The van der Waals surface area contributed by atoms with Crippen molar-refractivity contribution in [3.8, 4) is 0 Å². The quantitative estimate of drug-likeness (QED) is 0.782. The van der Waals surface area contributed by atoms with Crippen LogP contribution in [0.1, 0.15) is 33.1 Å². The zero-order valence-electron chi connectivity index (χ0n) is 10.7. The average molecular weight is 226 g/mol. The van der Waals surface area contributed by atoms with Crippen LogP contribution < -0.4 is 0 Å². The second-order valence-corrected chi connectivity index (χ2v) is 5.80. The molecule has 1 aliphatic carbocycles. The zero-order chi connectivity index (χ0) is 11.5. The lowest BCUT2D eigenvalue weighted by Gasteiger charge is -2.39. The van der Waals surface area contributed by atoms with Crippen molar-refractivity contribution >= 4 is 0 Å². The van der Waals surface area contributed by atoms with Gasteiger partial charge in [0.05, 0.1) is 6.10 Å². The maximum absolute atomic E-state index is 9.90. The second-order valence-electron chi connectivity index (χ2n) is 5.80. The smallest absolute Gasteiger partial charge is 0.0695 e. The highest BCUT2D eigenvalue weighted by Crippen LogP contribution is 2.25. The molecule has 0 bridgehead atoms. The Kier molecular flexibility index (Phi) is 4.22. The van der Waals surface area contributed by atoms with Gasteiger partial charge >= 0.3 is 0 Å². The Hall–Kier alpha value is -0.120. The molecular formula is C13H26N2O. The van der Waals surface area contributed by atoms with Crippen LogP contribution in [-0.2, 0) is 0 Å². The summed E-state index contributed by atoms with van der Waals surface area (Å²) in [5.74, 6) is 0.767. The number of rotatable bonds is 3. The van der Waals surface area contributed by atoms with Gasteiger partial charge in [-0.05, 0) is 25.2 Å². The summed E-state index contributed by atoms with van der Waals surface area (Å²) in [5.41, 5.74) is 0. The summed E-state index contributed by atoms with van der Waals surface area (Å²) in [7, 11) is 0. The molecule has 2 rings (SSSR count). The largest absolute Gasteiger partial charge is 0.391 e. The minimum atomic E-state index is -0.0587. The third-order valence-electron chi connectivity index (χ3n) is 3.94. The molecular weight excluding hydrogens is 200 g/mol. The lowest BCUT2D eigenvalue weighted by molar-refractivity contribution is 0.0329. The summed E-state index contributed by atoms with van der Waals surface area (Å²) < 4.78 is 0. The Labute approximate surface area is 99.4 Å². The zero-order valence-corrected chi connectivity index (χ0v) is 10.7. The molecule has 1 aliphatic heterocycles. The van der Waals surface area contributed by atoms with Crippen LogP contribution in [0.25, 0.3) is 0 Å². The fraction of sp³-hybridized carbons (Fsp3) is 1.00. The summed E-state index contributed by atoms with van der Waals surface area (Å²) in [6, 6.07) is 0.459. The van der Waals surface area contributed by atoms with Crippen LogP contribution in [0, 0.1) is 5.92 Å². The topological polar surface area (TPSA) is 26.7 Å². The van der Waals surface area contributed by atoms with Gasteiger partial charge in [0.1, 0.15) is 0 Å². The van der Waals surface area contributed by atoms with E-state index in [1.54, 1.807) is 0 Å². The first kappa shape index (κ1) is 12.3. The van der Waals surface area contributed by atoms with Crippen LogP contribution in [0.2, 0.25) is 0 Å².